The molecule has 1 amide bonds. The van der Waals surface area contributed by atoms with Crippen molar-refractivity contribution in [2.24, 2.45) is 0 Å². The number of rotatable bonds is 10. The van der Waals surface area contributed by atoms with Crippen LogP contribution in [0.5, 0.6) is 11.5 Å². The third-order valence-electron chi connectivity index (χ3n) is 4.01. The van der Waals surface area contributed by atoms with E-state index in [2.05, 4.69) is 20.5 Å². The number of hydrogen-bond donors (Lipinski definition) is 2. The normalized spacial score (nSPS) is 10.6. The molecule has 0 saturated heterocycles. The minimum absolute atomic E-state index is 0.150. The second-order valence-corrected chi connectivity index (χ2v) is 6.39. The highest BCUT2D eigenvalue weighted by atomic mass is 16.5. The summed E-state index contributed by atoms with van der Waals surface area (Å²) in [6.07, 6.45) is 2.64. The van der Waals surface area contributed by atoms with E-state index < -0.39 is 0 Å². The van der Waals surface area contributed by atoms with Crippen molar-refractivity contribution in [1.29, 1.82) is 0 Å². The van der Waals surface area contributed by atoms with Crippen LogP contribution in [0.2, 0.25) is 0 Å². The average molecular weight is 372 g/mol. The first-order valence-corrected chi connectivity index (χ1v) is 8.87. The Morgan fingerprint density at radius 2 is 1.89 bits per heavy atom. The molecule has 0 aliphatic heterocycles. The van der Waals surface area contributed by atoms with Crippen molar-refractivity contribution >= 4 is 11.7 Å². The standard InChI is InChI=1S/C20H28N4O3/c1-24(2)11-5-9-21-19-13-16(8-10-22-19)20(25)23-14-15-6-7-17(26-3)18(12-15)27-4/h6-8,10,12-13H,5,9,11,14H2,1-4H3,(H,21,22)(H,23,25). The van der Waals surface area contributed by atoms with Gasteiger partial charge in [-0.15, -0.1) is 0 Å². The number of pyridine rings is 1. The molecule has 0 radical (unpaired) electrons. The van der Waals surface area contributed by atoms with Gasteiger partial charge in [-0.2, -0.15) is 0 Å². The maximum absolute atomic E-state index is 12.4. The van der Waals surface area contributed by atoms with Gasteiger partial charge in [-0.3, -0.25) is 4.79 Å². The molecule has 2 rings (SSSR count). The number of nitrogens with zero attached hydrogens (tertiary/aromatic N) is 2. The predicted octanol–water partition coefficient (Wildman–Crippen LogP) is 2.39. The maximum Gasteiger partial charge on any atom is 0.251 e. The Morgan fingerprint density at radius 3 is 2.59 bits per heavy atom. The van der Waals surface area contributed by atoms with Gasteiger partial charge in [0.25, 0.3) is 5.91 Å². The highest BCUT2D eigenvalue weighted by Gasteiger charge is 2.09. The molecule has 0 aliphatic carbocycles. The lowest BCUT2D eigenvalue weighted by Gasteiger charge is -2.12. The molecule has 2 N–H and O–H groups in total. The third-order valence-corrected chi connectivity index (χ3v) is 4.01. The summed E-state index contributed by atoms with van der Waals surface area (Å²) >= 11 is 0. The number of nitrogens with one attached hydrogen (secondary N) is 2. The van der Waals surface area contributed by atoms with Crippen LogP contribution in [0, 0.1) is 0 Å². The molecule has 146 valence electrons. The molecule has 0 spiro atoms. The van der Waals surface area contributed by atoms with E-state index in [9.17, 15) is 4.79 Å². The van der Waals surface area contributed by atoms with Gasteiger partial charge < -0.3 is 25.0 Å². The second kappa shape index (κ2) is 10.4. The van der Waals surface area contributed by atoms with E-state index in [1.165, 1.54) is 0 Å². The maximum atomic E-state index is 12.4. The number of aromatic nitrogens is 1. The Hall–Kier alpha value is -2.80. The zero-order chi connectivity index (χ0) is 19.6. The number of carbonyl (C=O) groups is 1. The molecule has 7 nitrogen and oxygen atoms in total. The fraction of sp³-hybridized carbons (Fsp3) is 0.400. The Kier molecular flexibility index (Phi) is 7.88. The summed E-state index contributed by atoms with van der Waals surface area (Å²) in [6.45, 7) is 2.20. The second-order valence-electron chi connectivity index (χ2n) is 6.39. The number of anilines is 1. The lowest BCUT2D eigenvalue weighted by Crippen LogP contribution is -2.23. The molecule has 0 saturated carbocycles. The molecule has 1 aromatic heterocycles. The van der Waals surface area contributed by atoms with Crippen molar-refractivity contribution in [1.82, 2.24) is 15.2 Å². The Bertz CT molecular complexity index is 750. The summed E-state index contributed by atoms with van der Waals surface area (Å²) in [5, 5.41) is 6.16. The summed E-state index contributed by atoms with van der Waals surface area (Å²) in [4.78, 5) is 18.8. The van der Waals surface area contributed by atoms with Crippen LogP contribution in [0.25, 0.3) is 0 Å². The first-order valence-electron chi connectivity index (χ1n) is 8.87. The molecular formula is C20H28N4O3. The molecule has 2 aromatic rings. The Morgan fingerprint density at radius 1 is 1.11 bits per heavy atom. The van der Waals surface area contributed by atoms with Crippen LogP contribution in [0.3, 0.4) is 0 Å². The van der Waals surface area contributed by atoms with Crippen LogP contribution < -0.4 is 20.1 Å². The summed E-state index contributed by atoms with van der Waals surface area (Å²) in [6, 6.07) is 9.03. The number of hydrogen-bond acceptors (Lipinski definition) is 6. The fourth-order valence-corrected chi connectivity index (χ4v) is 2.56. The third kappa shape index (κ3) is 6.45. The van der Waals surface area contributed by atoms with Gasteiger partial charge in [-0.1, -0.05) is 6.07 Å². The summed E-state index contributed by atoms with van der Waals surface area (Å²) in [5.74, 6) is 1.85. The van der Waals surface area contributed by atoms with E-state index >= 15 is 0 Å². The lowest BCUT2D eigenvalue weighted by molar-refractivity contribution is 0.0951. The summed E-state index contributed by atoms with van der Waals surface area (Å²) in [7, 11) is 7.27. The molecule has 0 fully saturated rings. The molecule has 0 unspecified atom stereocenters. The predicted molar refractivity (Wildman–Crippen MR) is 107 cm³/mol. The van der Waals surface area contributed by atoms with Crippen molar-refractivity contribution in [2.75, 3.05) is 46.7 Å². The SMILES string of the molecule is COc1ccc(CNC(=O)c2ccnc(NCCCN(C)C)c2)cc1OC. The van der Waals surface area contributed by atoms with E-state index in [1.54, 1.807) is 32.5 Å². The van der Waals surface area contributed by atoms with Gasteiger partial charge in [0.1, 0.15) is 5.82 Å². The number of carbonyl (C=O) groups excluding carboxylic acids is 1. The molecule has 7 heteroatoms. The van der Waals surface area contributed by atoms with Crippen molar-refractivity contribution in [3.8, 4) is 11.5 Å². The lowest BCUT2D eigenvalue weighted by atomic mass is 10.2. The van der Waals surface area contributed by atoms with Gasteiger partial charge in [-0.25, -0.2) is 4.98 Å². The van der Waals surface area contributed by atoms with Crippen LogP contribution in [-0.2, 0) is 6.54 Å². The van der Waals surface area contributed by atoms with Gasteiger partial charge in [0.05, 0.1) is 14.2 Å². The van der Waals surface area contributed by atoms with Crippen molar-refractivity contribution in [2.45, 2.75) is 13.0 Å². The van der Waals surface area contributed by atoms with Gasteiger partial charge in [-0.05, 0) is 56.9 Å². The number of methoxy groups -OCH3 is 2. The van der Waals surface area contributed by atoms with E-state index in [1.807, 2.05) is 32.3 Å². The highest BCUT2D eigenvalue weighted by molar-refractivity contribution is 5.94. The largest absolute Gasteiger partial charge is 0.493 e. The van der Waals surface area contributed by atoms with Crippen LogP contribution in [0.15, 0.2) is 36.5 Å². The van der Waals surface area contributed by atoms with Gasteiger partial charge >= 0.3 is 0 Å². The van der Waals surface area contributed by atoms with Crippen LogP contribution in [0.4, 0.5) is 5.82 Å². The van der Waals surface area contributed by atoms with Gasteiger partial charge in [0.15, 0.2) is 11.5 Å². The van der Waals surface area contributed by atoms with Crippen molar-refractivity contribution in [3.05, 3.63) is 47.7 Å². The number of ether oxygens (including phenoxy) is 2. The monoisotopic (exact) mass is 372 g/mol. The summed E-state index contributed by atoms with van der Waals surface area (Å²) in [5.41, 5.74) is 1.50. The zero-order valence-electron chi connectivity index (χ0n) is 16.4. The number of benzene rings is 1. The first kappa shape index (κ1) is 20.5. The topological polar surface area (TPSA) is 75.7 Å². The van der Waals surface area contributed by atoms with Crippen molar-refractivity contribution < 1.29 is 14.3 Å². The molecule has 0 aliphatic rings. The van der Waals surface area contributed by atoms with Crippen LogP contribution >= 0.6 is 0 Å². The molecule has 27 heavy (non-hydrogen) atoms. The quantitative estimate of drug-likeness (QED) is 0.624. The van der Waals surface area contributed by atoms with E-state index in [0.717, 1.165) is 25.1 Å². The minimum Gasteiger partial charge on any atom is -0.493 e. The molecule has 0 bridgehead atoms. The molecular weight excluding hydrogens is 344 g/mol. The molecule has 1 aromatic carbocycles. The van der Waals surface area contributed by atoms with Gasteiger partial charge in [0.2, 0.25) is 0 Å². The van der Waals surface area contributed by atoms with Gasteiger partial charge in [0, 0.05) is 24.8 Å². The Balaban J connectivity index is 1.91. The Labute approximate surface area is 160 Å². The van der Waals surface area contributed by atoms with Crippen LogP contribution in [0.1, 0.15) is 22.3 Å². The molecule has 1 heterocycles. The van der Waals surface area contributed by atoms with Crippen LogP contribution in [-0.4, -0.2) is 57.2 Å². The highest BCUT2D eigenvalue weighted by Crippen LogP contribution is 2.27. The van der Waals surface area contributed by atoms with E-state index in [0.29, 0.717) is 29.4 Å². The zero-order valence-corrected chi connectivity index (χ0v) is 16.4. The molecule has 0 atom stereocenters. The average Bonchev–Trinajstić information content (AvgIpc) is 2.69. The fourth-order valence-electron chi connectivity index (χ4n) is 2.56. The number of amides is 1. The van der Waals surface area contributed by atoms with E-state index in [-0.39, 0.29) is 5.91 Å². The smallest absolute Gasteiger partial charge is 0.251 e. The van der Waals surface area contributed by atoms with Crippen molar-refractivity contribution in [3.63, 3.8) is 0 Å². The minimum atomic E-state index is -0.150. The summed E-state index contributed by atoms with van der Waals surface area (Å²) < 4.78 is 10.5. The first-order chi connectivity index (χ1) is 13.0. The van der Waals surface area contributed by atoms with E-state index in [4.69, 9.17) is 9.47 Å².